The summed E-state index contributed by atoms with van der Waals surface area (Å²) >= 11 is 0. The standard InChI is InChI=1S/C14H17N5O/c1-9(2)19-14(16)11(7-15)13(18-19)12-4-3-10(5-6-20)8-17-12/h3-4,8-9,20H,5-6,16H2,1-2H3. The van der Waals surface area contributed by atoms with Crippen LogP contribution in [0.5, 0.6) is 0 Å². The molecule has 2 heterocycles. The van der Waals surface area contributed by atoms with Gasteiger partial charge in [0, 0.05) is 18.8 Å². The molecule has 2 rings (SSSR count). The van der Waals surface area contributed by atoms with Crippen molar-refractivity contribution in [3.05, 3.63) is 29.5 Å². The Morgan fingerprint density at radius 1 is 1.45 bits per heavy atom. The van der Waals surface area contributed by atoms with Gasteiger partial charge in [-0.1, -0.05) is 6.07 Å². The number of nitrogens with zero attached hydrogens (tertiary/aromatic N) is 4. The van der Waals surface area contributed by atoms with Crippen LogP contribution in [0.15, 0.2) is 18.3 Å². The maximum absolute atomic E-state index is 9.25. The first kappa shape index (κ1) is 14.0. The van der Waals surface area contributed by atoms with Crippen LogP contribution in [0.4, 0.5) is 5.82 Å². The van der Waals surface area contributed by atoms with Gasteiger partial charge in [0.1, 0.15) is 23.1 Å². The van der Waals surface area contributed by atoms with Crippen molar-refractivity contribution in [1.29, 1.82) is 5.26 Å². The highest BCUT2D eigenvalue weighted by molar-refractivity contribution is 5.70. The lowest BCUT2D eigenvalue weighted by Gasteiger charge is -2.06. The van der Waals surface area contributed by atoms with Gasteiger partial charge >= 0.3 is 0 Å². The minimum Gasteiger partial charge on any atom is -0.396 e. The van der Waals surface area contributed by atoms with Crippen LogP contribution in [-0.2, 0) is 6.42 Å². The molecule has 0 radical (unpaired) electrons. The Labute approximate surface area is 117 Å². The normalized spacial score (nSPS) is 10.8. The summed E-state index contributed by atoms with van der Waals surface area (Å²) in [6.07, 6.45) is 2.23. The smallest absolute Gasteiger partial charge is 0.140 e. The van der Waals surface area contributed by atoms with Crippen LogP contribution in [-0.4, -0.2) is 26.5 Å². The molecule has 0 unspecified atom stereocenters. The minimum absolute atomic E-state index is 0.0736. The van der Waals surface area contributed by atoms with Crippen LogP contribution in [0.2, 0.25) is 0 Å². The molecule has 0 saturated heterocycles. The molecular formula is C14H17N5O. The number of aromatic nitrogens is 3. The van der Waals surface area contributed by atoms with E-state index >= 15 is 0 Å². The number of nitriles is 1. The lowest BCUT2D eigenvalue weighted by Crippen LogP contribution is -2.07. The van der Waals surface area contributed by atoms with E-state index < -0.39 is 0 Å². The quantitative estimate of drug-likeness (QED) is 0.877. The molecule has 6 nitrogen and oxygen atoms in total. The topological polar surface area (TPSA) is 101 Å². The third kappa shape index (κ3) is 2.49. The van der Waals surface area contributed by atoms with E-state index in [-0.39, 0.29) is 12.6 Å². The van der Waals surface area contributed by atoms with Crippen molar-refractivity contribution in [1.82, 2.24) is 14.8 Å². The number of aliphatic hydroxyl groups is 1. The van der Waals surface area contributed by atoms with Crippen molar-refractivity contribution in [2.24, 2.45) is 0 Å². The molecule has 6 heteroatoms. The summed E-state index contributed by atoms with van der Waals surface area (Å²) in [5.41, 5.74) is 8.33. The average molecular weight is 271 g/mol. The largest absolute Gasteiger partial charge is 0.396 e. The van der Waals surface area contributed by atoms with Crippen LogP contribution < -0.4 is 5.73 Å². The Hall–Kier alpha value is -2.39. The summed E-state index contributed by atoms with van der Waals surface area (Å²) in [5, 5.41) is 22.5. The summed E-state index contributed by atoms with van der Waals surface area (Å²) in [7, 11) is 0. The fourth-order valence-corrected chi connectivity index (χ4v) is 1.97. The van der Waals surface area contributed by atoms with E-state index in [0.29, 0.717) is 29.2 Å². The molecule has 0 aliphatic heterocycles. The summed E-state index contributed by atoms with van der Waals surface area (Å²) in [6.45, 7) is 3.98. The number of anilines is 1. The van der Waals surface area contributed by atoms with E-state index in [1.165, 1.54) is 0 Å². The zero-order valence-electron chi connectivity index (χ0n) is 11.5. The summed E-state index contributed by atoms with van der Waals surface area (Å²) in [6, 6.07) is 5.82. The van der Waals surface area contributed by atoms with Crippen LogP contribution in [0.1, 0.15) is 31.0 Å². The van der Waals surface area contributed by atoms with Crippen molar-refractivity contribution in [3.63, 3.8) is 0 Å². The number of nitrogen functional groups attached to an aromatic ring is 1. The first-order valence-corrected chi connectivity index (χ1v) is 6.42. The van der Waals surface area contributed by atoms with Crippen molar-refractivity contribution in [2.75, 3.05) is 12.3 Å². The molecule has 3 N–H and O–H groups in total. The Kier molecular flexibility index (Phi) is 4.01. The molecule has 0 atom stereocenters. The van der Waals surface area contributed by atoms with Gasteiger partial charge in [-0.25, -0.2) is 4.68 Å². The molecule has 0 spiro atoms. The molecule has 0 amide bonds. The second kappa shape index (κ2) is 5.72. The third-order valence-electron chi connectivity index (χ3n) is 3.02. The lowest BCUT2D eigenvalue weighted by atomic mass is 10.1. The Morgan fingerprint density at radius 3 is 2.70 bits per heavy atom. The number of hydrogen-bond donors (Lipinski definition) is 2. The minimum atomic E-state index is 0.0736. The second-order valence-corrected chi connectivity index (χ2v) is 4.78. The van der Waals surface area contributed by atoms with Crippen molar-refractivity contribution in [2.45, 2.75) is 26.3 Å². The molecule has 0 saturated carbocycles. The molecule has 0 aromatic carbocycles. The molecule has 0 fully saturated rings. The van der Waals surface area contributed by atoms with Gasteiger partial charge in [0.15, 0.2) is 0 Å². The van der Waals surface area contributed by atoms with Crippen molar-refractivity contribution < 1.29 is 5.11 Å². The van der Waals surface area contributed by atoms with Gasteiger partial charge in [0.2, 0.25) is 0 Å². The third-order valence-corrected chi connectivity index (χ3v) is 3.02. The molecule has 0 bridgehead atoms. The van der Waals surface area contributed by atoms with Gasteiger partial charge in [-0.3, -0.25) is 4.98 Å². The molecular weight excluding hydrogens is 254 g/mol. The van der Waals surface area contributed by atoms with Gasteiger partial charge < -0.3 is 10.8 Å². The number of hydrogen-bond acceptors (Lipinski definition) is 5. The summed E-state index contributed by atoms with van der Waals surface area (Å²) in [4.78, 5) is 4.30. The van der Waals surface area contributed by atoms with Crippen LogP contribution in [0, 0.1) is 11.3 Å². The van der Waals surface area contributed by atoms with E-state index in [4.69, 9.17) is 10.8 Å². The number of rotatable bonds is 4. The SMILES string of the molecule is CC(C)n1nc(-c2ccc(CCO)cn2)c(C#N)c1N. The number of pyridine rings is 1. The van der Waals surface area contributed by atoms with Gasteiger partial charge in [0.25, 0.3) is 0 Å². The van der Waals surface area contributed by atoms with Gasteiger partial charge in [-0.05, 0) is 31.9 Å². The molecule has 20 heavy (non-hydrogen) atoms. The highest BCUT2D eigenvalue weighted by Gasteiger charge is 2.19. The van der Waals surface area contributed by atoms with Crippen LogP contribution in [0.3, 0.4) is 0 Å². The maximum atomic E-state index is 9.25. The highest BCUT2D eigenvalue weighted by atomic mass is 16.2. The monoisotopic (exact) mass is 271 g/mol. The summed E-state index contributed by atoms with van der Waals surface area (Å²) in [5.74, 6) is 0.360. The summed E-state index contributed by atoms with van der Waals surface area (Å²) < 4.78 is 1.62. The fourth-order valence-electron chi connectivity index (χ4n) is 1.97. The lowest BCUT2D eigenvalue weighted by molar-refractivity contribution is 0.299. The van der Waals surface area contributed by atoms with Gasteiger partial charge in [0.05, 0.1) is 5.69 Å². The van der Waals surface area contributed by atoms with Crippen LogP contribution >= 0.6 is 0 Å². The molecule has 2 aromatic heterocycles. The molecule has 104 valence electrons. The fraction of sp³-hybridized carbons (Fsp3) is 0.357. The van der Waals surface area contributed by atoms with E-state index in [2.05, 4.69) is 16.2 Å². The average Bonchev–Trinajstić information content (AvgIpc) is 2.77. The predicted octanol–water partition coefficient (Wildman–Crippen LogP) is 1.51. The Balaban J connectivity index is 2.47. The zero-order valence-corrected chi connectivity index (χ0v) is 11.5. The van der Waals surface area contributed by atoms with Crippen molar-refractivity contribution in [3.8, 4) is 17.5 Å². The van der Waals surface area contributed by atoms with Gasteiger partial charge in [-0.15, -0.1) is 0 Å². The van der Waals surface area contributed by atoms with Crippen molar-refractivity contribution >= 4 is 5.82 Å². The number of aliphatic hydroxyl groups excluding tert-OH is 1. The Morgan fingerprint density at radius 2 is 2.20 bits per heavy atom. The van der Waals surface area contributed by atoms with Gasteiger partial charge in [-0.2, -0.15) is 10.4 Å². The van der Waals surface area contributed by atoms with E-state index in [0.717, 1.165) is 5.56 Å². The van der Waals surface area contributed by atoms with E-state index in [9.17, 15) is 5.26 Å². The molecule has 0 aliphatic rings. The van der Waals surface area contributed by atoms with E-state index in [1.807, 2.05) is 19.9 Å². The number of nitrogens with two attached hydrogens (primary N) is 1. The molecule has 2 aromatic rings. The maximum Gasteiger partial charge on any atom is 0.140 e. The Bertz CT molecular complexity index is 637. The van der Waals surface area contributed by atoms with Crippen LogP contribution in [0.25, 0.3) is 11.4 Å². The van der Waals surface area contributed by atoms with E-state index in [1.54, 1.807) is 16.9 Å². The predicted molar refractivity (Wildman–Crippen MR) is 75.8 cm³/mol. The highest BCUT2D eigenvalue weighted by Crippen LogP contribution is 2.27. The second-order valence-electron chi connectivity index (χ2n) is 4.78. The zero-order chi connectivity index (χ0) is 14.7. The molecule has 0 aliphatic carbocycles. The first-order chi connectivity index (χ1) is 9.58. The first-order valence-electron chi connectivity index (χ1n) is 6.42.